The van der Waals surface area contributed by atoms with Gasteiger partial charge in [-0.05, 0) is 56.9 Å². The molecule has 1 heterocycles. The van der Waals surface area contributed by atoms with Crippen LogP contribution in [0.1, 0.15) is 49.4 Å². The average molecular weight is 400 g/mol. The zero-order valence-electron chi connectivity index (χ0n) is 17.4. The fraction of sp³-hybridized carbons (Fsp3) is 0.269. The Balaban J connectivity index is 1.69. The molecule has 2 aliphatic rings. The maximum Gasteiger partial charge on any atom is 0.316 e. The van der Waals surface area contributed by atoms with Crippen molar-refractivity contribution >= 4 is 5.97 Å². The number of hydrogen-bond donors (Lipinski definition) is 1. The first-order valence-electron chi connectivity index (χ1n) is 10.3. The van der Waals surface area contributed by atoms with Gasteiger partial charge in [0, 0.05) is 23.3 Å². The third-order valence-electron chi connectivity index (χ3n) is 6.13. The van der Waals surface area contributed by atoms with Gasteiger partial charge in [-0.2, -0.15) is 0 Å². The summed E-state index contributed by atoms with van der Waals surface area (Å²) >= 11 is 0. The van der Waals surface area contributed by atoms with Crippen LogP contribution in [0, 0.1) is 5.41 Å². The van der Waals surface area contributed by atoms with Crippen LogP contribution in [0.4, 0.5) is 0 Å². The minimum absolute atomic E-state index is 0.161. The molecule has 1 aliphatic heterocycles. The molecule has 1 unspecified atom stereocenters. The lowest BCUT2D eigenvalue weighted by atomic mass is 9.68. The summed E-state index contributed by atoms with van der Waals surface area (Å²) in [6, 6.07) is 19.5. The van der Waals surface area contributed by atoms with E-state index in [1.807, 2.05) is 39.0 Å². The molecular formula is C26H24O4. The third kappa shape index (κ3) is 2.71. The molecule has 1 atom stereocenters. The first-order chi connectivity index (χ1) is 14.3. The Morgan fingerprint density at radius 2 is 1.67 bits per heavy atom. The second kappa shape index (κ2) is 6.36. The third-order valence-corrected chi connectivity index (χ3v) is 6.13. The number of ether oxygens (including phenoxy) is 2. The lowest BCUT2D eigenvalue weighted by Crippen LogP contribution is -2.30. The summed E-state index contributed by atoms with van der Waals surface area (Å²) in [5.74, 6) is 1.62. The topological polar surface area (TPSA) is 55.8 Å². The first kappa shape index (κ1) is 18.7. The van der Waals surface area contributed by atoms with Crippen LogP contribution in [0.15, 0.2) is 60.7 Å². The molecule has 0 bridgehead atoms. The molecule has 1 N–H and O–H groups in total. The molecule has 4 nitrogen and oxygen atoms in total. The molecule has 152 valence electrons. The van der Waals surface area contributed by atoms with Gasteiger partial charge in [0.25, 0.3) is 0 Å². The molecule has 0 fully saturated rings. The van der Waals surface area contributed by atoms with Crippen LogP contribution in [0.3, 0.4) is 0 Å². The molecule has 0 saturated heterocycles. The number of benzene rings is 3. The van der Waals surface area contributed by atoms with Crippen LogP contribution in [-0.2, 0) is 16.6 Å². The largest absolute Gasteiger partial charge is 0.508 e. The minimum atomic E-state index is -0.596. The van der Waals surface area contributed by atoms with E-state index >= 15 is 0 Å². The van der Waals surface area contributed by atoms with Crippen LogP contribution >= 0.6 is 0 Å². The van der Waals surface area contributed by atoms with Crippen LogP contribution < -0.4 is 9.47 Å². The van der Waals surface area contributed by atoms with E-state index in [2.05, 4.69) is 24.3 Å². The Hall–Kier alpha value is -3.27. The van der Waals surface area contributed by atoms with Crippen molar-refractivity contribution in [1.29, 1.82) is 0 Å². The fourth-order valence-corrected chi connectivity index (χ4v) is 4.65. The van der Waals surface area contributed by atoms with Gasteiger partial charge in [-0.1, -0.05) is 36.4 Å². The summed E-state index contributed by atoms with van der Waals surface area (Å²) < 4.78 is 11.8. The Morgan fingerprint density at radius 1 is 0.967 bits per heavy atom. The molecule has 0 radical (unpaired) electrons. The van der Waals surface area contributed by atoms with Crippen molar-refractivity contribution in [1.82, 2.24) is 0 Å². The molecule has 0 saturated carbocycles. The van der Waals surface area contributed by atoms with Gasteiger partial charge in [0.05, 0.1) is 10.8 Å². The SMILES string of the molecule is CC(C)(C)C(=O)Oc1ccc2c(c1)Oc1cc(O)ccc1C21CCc2ccccc21. The number of esters is 1. The molecule has 30 heavy (non-hydrogen) atoms. The smallest absolute Gasteiger partial charge is 0.316 e. The van der Waals surface area contributed by atoms with Gasteiger partial charge in [0.15, 0.2) is 0 Å². The number of fused-ring (bicyclic) bond motifs is 6. The second-order valence-corrected chi connectivity index (χ2v) is 9.14. The van der Waals surface area contributed by atoms with Crippen molar-refractivity contribution in [2.75, 3.05) is 0 Å². The number of aromatic hydroxyl groups is 1. The number of hydrogen-bond acceptors (Lipinski definition) is 4. The van der Waals surface area contributed by atoms with E-state index in [0.29, 0.717) is 17.2 Å². The van der Waals surface area contributed by atoms with Crippen molar-refractivity contribution < 1.29 is 19.4 Å². The van der Waals surface area contributed by atoms with Gasteiger partial charge < -0.3 is 14.6 Å². The van der Waals surface area contributed by atoms with E-state index < -0.39 is 5.41 Å². The van der Waals surface area contributed by atoms with E-state index in [1.54, 1.807) is 18.2 Å². The summed E-state index contributed by atoms with van der Waals surface area (Å²) in [4.78, 5) is 12.4. The predicted molar refractivity (Wildman–Crippen MR) is 114 cm³/mol. The minimum Gasteiger partial charge on any atom is -0.508 e. The highest BCUT2D eigenvalue weighted by Crippen LogP contribution is 2.58. The molecule has 1 aliphatic carbocycles. The maximum absolute atomic E-state index is 12.4. The van der Waals surface area contributed by atoms with E-state index in [1.165, 1.54) is 11.1 Å². The van der Waals surface area contributed by atoms with Gasteiger partial charge >= 0.3 is 5.97 Å². The number of rotatable bonds is 1. The Morgan fingerprint density at radius 3 is 2.43 bits per heavy atom. The number of carbonyl (C=O) groups is 1. The van der Waals surface area contributed by atoms with E-state index in [9.17, 15) is 9.90 Å². The average Bonchev–Trinajstić information content (AvgIpc) is 3.07. The normalized spacial score (nSPS) is 18.9. The van der Waals surface area contributed by atoms with Gasteiger partial charge in [-0.25, -0.2) is 0 Å². The van der Waals surface area contributed by atoms with Crippen LogP contribution in [0.25, 0.3) is 0 Å². The molecule has 3 aromatic rings. The Labute approximate surface area is 176 Å². The molecule has 0 aromatic heterocycles. The maximum atomic E-state index is 12.4. The summed E-state index contributed by atoms with van der Waals surface area (Å²) in [5.41, 5.74) is 3.76. The molecule has 0 amide bonds. The van der Waals surface area contributed by atoms with Gasteiger partial charge in [-0.15, -0.1) is 0 Å². The Bertz CT molecular complexity index is 1170. The fourth-order valence-electron chi connectivity index (χ4n) is 4.65. The highest BCUT2D eigenvalue weighted by Gasteiger charge is 2.47. The number of phenolic OH excluding ortho intramolecular Hbond substituents is 1. The highest BCUT2D eigenvalue weighted by atomic mass is 16.5. The standard InChI is InChI=1S/C26H24O4/c1-25(2,3)24(28)29-18-9-11-21-23(15-18)30-22-14-17(27)8-10-20(22)26(21)13-12-16-6-4-5-7-19(16)26/h4-11,14-15,27H,12-13H2,1-3H3. The lowest BCUT2D eigenvalue weighted by Gasteiger charge is -2.38. The Kier molecular flexibility index (Phi) is 3.97. The van der Waals surface area contributed by atoms with Crippen LogP contribution in [-0.4, -0.2) is 11.1 Å². The number of carbonyl (C=O) groups excluding carboxylic acids is 1. The molecule has 5 rings (SSSR count). The van der Waals surface area contributed by atoms with Crippen molar-refractivity contribution in [2.45, 2.75) is 39.0 Å². The molecular weight excluding hydrogens is 376 g/mol. The van der Waals surface area contributed by atoms with Crippen LogP contribution in [0.5, 0.6) is 23.0 Å². The summed E-state index contributed by atoms with van der Waals surface area (Å²) in [5, 5.41) is 10.1. The number of aryl methyl sites for hydroxylation is 1. The summed E-state index contributed by atoms with van der Waals surface area (Å²) in [6.07, 6.45) is 1.89. The van der Waals surface area contributed by atoms with Crippen molar-refractivity contribution in [3.8, 4) is 23.0 Å². The van der Waals surface area contributed by atoms with Crippen molar-refractivity contribution in [3.05, 3.63) is 82.9 Å². The van der Waals surface area contributed by atoms with Crippen molar-refractivity contribution in [3.63, 3.8) is 0 Å². The van der Waals surface area contributed by atoms with E-state index in [4.69, 9.17) is 9.47 Å². The zero-order valence-corrected chi connectivity index (χ0v) is 17.4. The van der Waals surface area contributed by atoms with Crippen LogP contribution in [0.2, 0.25) is 0 Å². The van der Waals surface area contributed by atoms with Gasteiger partial charge in [0.1, 0.15) is 23.0 Å². The molecule has 3 aromatic carbocycles. The quantitative estimate of drug-likeness (QED) is 0.419. The summed E-state index contributed by atoms with van der Waals surface area (Å²) in [7, 11) is 0. The van der Waals surface area contributed by atoms with Gasteiger partial charge in [-0.3, -0.25) is 4.79 Å². The summed E-state index contributed by atoms with van der Waals surface area (Å²) in [6.45, 7) is 5.48. The van der Waals surface area contributed by atoms with Crippen molar-refractivity contribution in [2.24, 2.45) is 5.41 Å². The van der Waals surface area contributed by atoms with E-state index in [-0.39, 0.29) is 17.1 Å². The lowest BCUT2D eigenvalue weighted by molar-refractivity contribution is -0.143. The molecule has 4 heteroatoms. The first-order valence-corrected chi connectivity index (χ1v) is 10.3. The predicted octanol–water partition coefficient (Wildman–Crippen LogP) is 5.73. The second-order valence-electron chi connectivity index (χ2n) is 9.14. The van der Waals surface area contributed by atoms with E-state index in [0.717, 1.165) is 24.0 Å². The molecule has 1 spiro atoms. The zero-order chi connectivity index (χ0) is 21.1. The number of phenols is 1. The monoisotopic (exact) mass is 400 g/mol. The highest BCUT2D eigenvalue weighted by molar-refractivity contribution is 5.78. The van der Waals surface area contributed by atoms with Gasteiger partial charge in [0.2, 0.25) is 0 Å².